The van der Waals surface area contributed by atoms with E-state index in [4.69, 9.17) is 5.26 Å². The minimum Gasteiger partial charge on any atom is -0.252 e. The van der Waals surface area contributed by atoms with Gasteiger partial charge in [-0.05, 0) is 49.4 Å². The van der Waals surface area contributed by atoms with Crippen molar-refractivity contribution in [1.29, 1.82) is 0 Å². The summed E-state index contributed by atoms with van der Waals surface area (Å²) in [6.45, 7) is 5.30. The van der Waals surface area contributed by atoms with Gasteiger partial charge in [0, 0.05) is 0 Å². The van der Waals surface area contributed by atoms with E-state index >= 15 is 0 Å². The van der Waals surface area contributed by atoms with Gasteiger partial charge < -0.3 is 0 Å². The van der Waals surface area contributed by atoms with Crippen molar-refractivity contribution in [3.63, 3.8) is 0 Å². The molecule has 0 aromatic rings. The Morgan fingerprint density at radius 2 is 2.27 bits per heavy atom. The summed E-state index contributed by atoms with van der Waals surface area (Å²) in [6.07, 6.45) is 8.47. The maximum absolute atomic E-state index is 8.23. The van der Waals surface area contributed by atoms with E-state index in [0.717, 1.165) is 24.7 Å². The normalized spacial score (nSPS) is 32.1. The van der Waals surface area contributed by atoms with Gasteiger partial charge in [0.25, 0.3) is 0 Å². The van der Waals surface area contributed by atoms with Gasteiger partial charge in [-0.1, -0.05) is 25.5 Å². The van der Waals surface area contributed by atoms with Crippen LogP contribution in [-0.4, -0.2) is 11.9 Å². The van der Waals surface area contributed by atoms with E-state index in [1.54, 1.807) is 5.57 Å². The van der Waals surface area contributed by atoms with E-state index < -0.39 is 0 Å². The maximum atomic E-state index is 8.23. The minimum atomic E-state index is 0.476. The second-order valence-corrected chi connectivity index (χ2v) is 5.61. The molecule has 0 spiro atoms. The minimum absolute atomic E-state index is 0.476. The van der Waals surface area contributed by atoms with E-state index in [0.29, 0.717) is 12.0 Å². The standard InChI is InChI=1S/C13H22O2/c1-13(2)11-7-6-10(12(13)9-11)5-3-4-8-15-14/h6,11-12,14H,3-5,7-9H2,1-2H3. The van der Waals surface area contributed by atoms with Crippen LogP contribution in [-0.2, 0) is 4.89 Å². The van der Waals surface area contributed by atoms with Crippen LogP contribution in [0.4, 0.5) is 0 Å². The van der Waals surface area contributed by atoms with E-state index in [1.807, 2.05) is 0 Å². The van der Waals surface area contributed by atoms with Crippen LogP contribution in [0, 0.1) is 17.3 Å². The molecule has 0 aromatic heterocycles. The summed E-state index contributed by atoms with van der Waals surface area (Å²) in [6, 6.07) is 0. The van der Waals surface area contributed by atoms with Crippen LogP contribution >= 0.6 is 0 Å². The lowest BCUT2D eigenvalue weighted by Gasteiger charge is -2.56. The number of unbranched alkanes of at least 4 members (excludes halogenated alkanes) is 1. The van der Waals surface area contributed by atoms with Crippen LogP contribution in [0.5, 0.6) is 0 Å². The van der Waals surface area contributed by atoms with Gasteiger partial charge in [-0.2, -0.15) is 0 Å². The summed E-state index contributed by atoms with van der Waals surface area (Å²) >= 11 is 0. The van der Waals surface area contributed by atoms with Crippen molar-refractivity contribution in [1.82, 2.24) is 0 Å². The zero-order valence-corrected chi connectivity index (χ0v) is 9.83. The molecule has 15 heavy (non-hydrogen) atoms. The molecule has 2 bridgehead atoms. The first kappa shape index (κ1) is 11.2. The predicted octanol–water partition coefficient (Wildman–Crippen LogP) is 3.64. The lowest BCUT2D eigenvalue weighted by atomic mass is 9.48. The smallest absolute Gasteiger partial charge is 0.0819 e. The van der Waals surface area contributed by atoms with Gasteiger partial charge in [0.2, 0.25) is 0 Å². The van der Waals surface area contributed by atoms with Gasteiger partial charge in [-0.15, -0.1) is 0 Å². The van der Waals surface area contributed by atoms with Crippen LogP contribution in [0.1, 0.15) is 46.0 Å². The van der Waals surface area contributed by atoms with Gasteiger partial charge in [-0.3, -0.25) is 5.26 Å². The molecule has 0 aromatic carbocycles. The molecule has 0 aliphatic heterocycles. The molecular formula is C13H22O2. The van der Waals surface area contributed by atoms with Gasteiger partial charge >= 0.3 is 0 Å². The molecular weight excluding hydrogens is 188 g/mol. The summed E-state index contributed by atoms with van der Waals surface area (Å²) < 4.78 is 0. The molecule has 0 radical (unpaired) electrons. The van der Waals surface area contributed by atoms with Crippen LogP contribution in [0.25, 0.3) is 0 Å². The Kier molecular flexibility index (Phi) is 3.17. The van der Waals surface area contributed by atoms with Crippen molar-refractivity contribution < 1.29 is 10.1 Å². The van der Waals surface area contributed by atoms with Crippen molar-refractivity contribution in [3.05, 3.63) is 11.6 Å². The van der Waals surface area contributed by atoms with Crippen molar-refractivity contribution in [3.8, 4) is 0 Å². The van der Waals surface area contributed by atoms with E-state index in [-0.39, 0.29) is 0 Å². The first-order valence-electron chi connectivity index (χ1n) is 6.11. The fourth-order valence-corrected chi connectivity index (χ4v) is 3.25. The molecule has 3 aliphatic rings. The third kappa shape index (κ3) is 1.98. The lowest BCUT2D eigenvalue weighted by Crippen LogP contribution is -2.47. The second-order valence-electron chi connectivity index (χ2n) is 5.61. The van der Waals surface area contributed by atoms with Crippen LogP contribution in [0.15, 0.2) is 11.6 Å². The fraction of sp³-hybridized carbons (Fsp3) is 0.846. The highest BCUT2D eigenvalue weighted by molar-refractivity contribution is 5.23. The lowest BCUT2D eigenvalue weighted by molar-refractivity contribution is -0.242. The monoisotopic (exact) mass is 210 g/mol. The number of hydrogen-bond donors (Lipinski definition) is 1. The van der Waals surface area contributed by atoms with Crippen LogP contribution in [0.2, 0.25) is 0 Å². The first-order chi connectivity index (χ1) is 7.16. The molecule has 3 rings (SSSR count). The number of hydrogen-bond acceptors (Lipinski definition) is 2. The SMILES string of the molecule is CC1(C)C2CC=C(CCCCOO)C1C2. The van der Waals surface area contributed by atoms with Gasteiger partial charge in [-0.25, -0.2) is 4.89 Å². The number of rotatable bonds is 5. The zero-order chi connectivity index (χ0) is 10.9. The Morgan fingerprint density at radius 1 is 1.47 bits per heavy atom. The van der Waals surface area contributed by atoms with E-state index in [1.165, 1.54) is 19.3 Å². The Labute approximate surface area is 92.3 Å². The van der Waals surface area contributed by atoms with Crippen molar-refractivity contribution in [2.24, 2.45) is 17.3 Å². The van der Waals surface area contributed by atoms with Crippen LogP contribution in [0.3, 0.4) is 0 Å². The number of allylic oxidation sites excluding steroid dienone is 2. The Hall–Kier alpha value is -0.340. The summed E-state index contributed by atoms with van der Waals surface area (Å²) in [5.74, 6) is 1.78. The topological polar surface area (TPSA) is 29.5 Å². The quantitative estimate of drug-likeness (QED) is 0.325. The highest BCUT2D eigenvalue weighted by Crippen LogP contribution is 2.59. The van der Waals surface area contributed by atoms with Gasteiger partial charge in [0.05, 0.1) is 6.61 Å². The molecule has 1 fully saturated rings. The number of fused-ring (bicyclic) bond motifs is 1. The Morgan fingerprint density at radius 3 is 2.87 bits per heavy atom. The molecule has 2 heteroatoms. The third-order valence-electron chi connectivity index (χ3n) is 4.53. The van der Waals surface area contributed by atoms with Gasteiger partial charge in [0.1, 0.15) is 0 Å². The molecule has 3 aliphatic carbocycles. The third-order valence-corrected chi connectivity index (χ3v) is 4.53. The highest BCUT2D eigenvalue weighted by Gasteiger charge is 2.50. The molecule has 86 valence electrons. The maximum Gasteiger partial charge on any atom is 0.0819 e. The average molecular weight is 210 g/mol. The second kappa shape index (κ2) is 4.26. The largest absolute Gasteiger partial charge is 0.252 e. The highest BCUT2D eigenvalue weighted by atomic mass is 17.1. The molecule has 2 nitrogen and oxygen atoms in total. The molecule has 2 unspecified atom stereocenters. The fourth-order valence-electron chi connectivity index (χ4n) is 3.25. The Balaban J connectivity index is 1.81. The summed E-state index contributed by atoms with van der Waals surface area (Å²) in [7, 11) is 0. The zero-order valence-electron chi connectivity index (χ0n) is 9.83. The van der Waals surface area contributed by atoms with Crippen molar-refractivity contribution >= 4 is 0 Å². The van der Waals surface area contributed by atoms with E-state index in [9.17, 15) is 0 Å². The summed E-state index contributed by atoms with van der Waals surface area (Å²) in [5.41, 5.74) is 2.22. The Bertz CT molecular complexity index is 255. The van der Waals surface area contributed by atoms with Gasteiger partial charge in [0.15, 0.2) is 0 Å². The van der Waals surface area contributed by atoms with E-state index in [2.05, 4.69) is 24.8 Å². The molecule has 1 saturated carbocycles. The molecule has 0 saturated heterocycles. The average Bonchev–Trinajstić information content (AvgIpc) is 2.24. The molecule has 1 N–H and O–H groups in total. The predicted molar refractivity (Wildman–Crippen MR) is 60.5 cm³/mol. The van der Waals surface area contributed by atoms with Crippen molar-refractivity contribution in [2.75, 3.05) is 6.61 Å². The van der Waals surface area contributed by atoms with Crippen molar-refractivity contribution in [2.45, 2.75) is 46.0 Å². The molecule has 0 amide bonds. The summed E-state index contributed by atoms with van der Waals surface area (Å²) in [4.78, 5) is 4.09. The first-order valence-corrected chi connectivity index (χ1v) is 6.11. The summed E-state index contributed by atoms with van der Waals surface area (Å²) in [5, 5.41) is 8.23. The van der Waals surface area contributed by atoms with Crippen LogP contribution < -0.4 is 0 Å². The molecule has 2 atom stereocenters. The molecule has 0 heterocycles.